The Bertz CT molecular complexity index is 1200. The molecule has 6 rings (SSSR count). The number of ether oxygens (including phenoxy) is 2. The van der Waals surface area contributed by atoms with Crippen molar-refractivity contribution in [2.75, 3.05) is 25.2 Å². The Morgan fingerprint density at radius 2 is 2.00 bits per heavy atom. The van der Waals surface area contributed by atoms with Gasteiger partial charge in [0.25, 0.3) is 0 Å². The van der Waals surface area contributed by atoms with Crippen LogP contribution in [0.25, 0.3) is 0 Å². The number of halogens is 2. The third-order valence-corrected chi connectivity index (χ3v) is 8.16. The maximum Gasteiger partial charge on any atom is 0.231 e. The molecule has 172 valence electrons. The average molecular weight is 504 g/mol. The second kappa shape index (κ2) is 8.32. The molecule has 0 amide bonds. The van der Waals surface area contributed by atoms with Gasteiger partial charge in [0.2, 0.25) is 6.79 Å². The van der Waals surface area contributed by atoms with Gasteiger partial charge in [-0.2, -0.15) is 0 Å². The molecule has 2 fully saturated rings. The first-order valence-corrected chi connectivity index (χ1v) is 12.6. The molecule has 2 aromatic carbocycles. The molecule has 9 heteroatoms. The number of nitrogens with zero attached hydrogens (tertiary/aromatic N) is 2. The molecule has 0 spiro atoms. The van der Waals surface area contributed by atoms with E-state index in [0.717, 1.165) is 52.9 Å². The van der Waals surface area contributed by atoms with Crippen LogP contribution in [0, 0.1) is 0 Å². The largest absolute Gasteiger partial charge is 0.454 e. The number of hydrogen-bond donors (Lipinski definition) is 2. The minimum Gasteiger partial charge on any atom is -0.454 e. The standard InChI is InChI=1S/C24H23Cl2N3O3S/c25-15-2-3-17(18(26)10-15)22(29-8-5-16(30)12-29)21-11-27-23(33-21)28-24(6-7-24)14-1-4-19-20(9-14)32-13-31-19/h1-4,9-11,16,22,30H,5-8,12-13H2,(H,27,28)/t16-,22?/m1/s1. The molecule has 1 aromatic heterocycles. The molecule has 1 aliphatic carbocycles. The number of rotatable bonds is 6. The first kappa shape index (κ1) is 21.5. The quantitative estimate of drug-likeness (QED) is 0.467. The number of aliphatic hydroxyl groups excluding tert-OH is 1. The summed E-state index contributed by atoms with van der Waals surface area (Å²) >= 11 is 14.4. The SMILES string of the molecule is O[C@@H]1CCN(C(c2cnc(NC3(c4ccc5c(c4)OCO5)CC3)s2)c2ccc(Cl)cc2Cl)C1. The van der Waals surface area contributed by atoms with Gasteiger partial charge in [0, 0.05) is 34.2 Å². The molecule has 3 aromatic rings. The zero-order valence-electron chi connectivity index (χ0n) is 17.8. The lowest BCUT2D eigenvalue weighted by molar-refractivity contribution is 0.167. The van der Waals surface area contributed by atoms with E-state index in [1.54, 1.807) is 17.4 Å². The van der Waals surface area contributed by atoms with Gasteiger partial charge in [-0.25, -0.2) is 4.98 Å². The van der Waals surface area contributed by atoms with Gasteiger partial charge in [-0.1, -0.05) is 35.3 Å². The summed E-state index contributed by atoms with van der Waals surface area (Å²) in [5.74, 6) is 1.59. The van der Waals surface area contributed by atoms with Crippen molar-refractivity contribution in [1.82, 2.24) is 9.88 Å². The van der Waals surface area contributed by atoms with Crippen LogP contribution in [0.2, 0.25) is 10.0 Å². The van der Waals surface area contributed by atoms with Gasteiger partial charge in [0.05, 0.1) is 17.7 Å². The number of β-amino-alcohol motifs (C(OH)–C–C–N with tert-alkyl or cyclic N) is 1. The van der Waals surface area contributed by atoms with E-state index >= 15 is 0 Å². The lowest BCUT2D eigenvalue weighted by Crippen LogP contribution is -2.28. The van der Waals surface area contributed by atoms with Gasteiger partial charge in [-0.3, -0.25) is 4.90 Å². The zero-order chi connectivity index (χ0) is 22.6. The number of anilines is 1. The highest BCUT2D eigenvalue weighted by Gasteiger charge is 2.46. The number of fused-ring (bicyclic) bond motifs is 1. The molecule has 1 saturated carbocycles. The first-order chi connectivity index (χ1) is 16.0. The van der Waals surface area contributed by atoms with E-state index < -0.39 is 0 Å². The fraction of sp³-hybridized carbons (Fsp3) is 0.375. The van der Waals surface area contributed by atoms with E-state index in [4.69, 9.17) is 37.7 Å². The summed E-state index contributed by atoms with van der Waals surface area (Å²) < 4.78 is 11.0. The number of thiazole rings is 1. The van der Waals surface area contributed by atoms with Crippen LogP contribution in [0.3, 0.4) is 0 Å². The first-order valence-electron chi connectivity index (χ1n) is 11.0. The number of likely N-dealkylation sites (tertiary alicyclic amines) is 1. The van der Waals surface area contributed by atoms with Crippen molar-refractivity contribution in [3.63, 3.8) is 0 Å². The summed E-state index contributed by atoms with van der Waals surface area (Å²) in [5.41, 5.74) is 2.03. The van der Waals surface area contributed by atoms with E-state index in [0.29, 0.717) is 16.6 Å². The normalized spacial score (nSPS) is 21.8. The van der Waals surface area contributed by atoms with Crippen LogP contribution in [0.1, 0.15) is 41.3 Å². The molecule has 2 N–H and O–H groups in total. The number of benzene rings is 2. The lowest BCUT2D eigenvalue weighted by atomic mass is 10.0. The number of nitrogens with one attached hydrogen (secondary N) is 1. The van der Waals surface area contributed by atoms with Gasteiger partial charge < -0.3 is 19.9 Å². The van der Waals surface area contributed by atoms with E-state index in [1.165, 1.54) is 5.56 Å². The maximum absolute atomic E-state index is 10.2. The number of aliphatic hydroxyl groups is 1. The molecule has 0 radical (unpaired) electrons. The van der Waals surface area contributed by atoms with E-state index in [9.17, 15) is 5.11 Å². The van der Waals surface area contributed by atoms with Crippen molar-refractivity contribution >= 4 is 39.7 Å². The van der Waals surface area contributed by atoms with Crippen molar-refractivity contribution in [3.8, 4) is 11.5 Å². The van der Waals surface area contributed by atoms with Crippen molar-refractivity contribution < 1.29 is 14.6 Å². The van der Waals surface area contributed by atoms with Crippen molar-refractivity contribution in [3.05, 3.63) is 68.6 Å². The molecule has 2 atom stereocenters. The summed E-state index contributed by atoms with van der Waals surface area (Å²) in [6, 6.07) is 11.7. The second-order valence-electron chi connectivity index (χ2n) is 8.85. The third-order valence-electron chi connectivity index (χ3n) is 6.63. The Hall–Kier alpha value is -2.03. The molecule has 1 saturated heterocycles. The van der Waals surface area contributed by atoms with Crippen molar-refractivity contribution in [1.29, 1.82) is 0 Å². The van der Waals surface area contributed by atoms with Crippen LogP contribution in [0.4, 0.5) is 5.13 Å². The summed E-state index contributed by atoms with van der Waals surface area (Å²) in [4.78, 5) is 8.06. The Kier molecular flexibility index (Phi) is 5.42. The van der Waals surface area contributed by atoms with Crippen LogP contribution in [-0.2, 0) is 5.54 Å². The fourth-order valence-corrected chi connectivity index (χ4v) is 6.32. The topological polar surface area (TPSA) is 66.9 Å². The zero-order valence-corrected chi connectivity index (χ0v) is 20.1. The van der Waals surface area contributed by atoms with E-state index in [-0.39, 0.29) is 24.5 Å². The molecule has 3 heterocycles. The molecular weight excluding hydrogens is 481 g/mol. The van der Waals surface area contributed by atoms with Gasteiger partial charge >= 0.3 is 0 Å². The van der Waals surface area contributed by atoms with Crippen molar-refractivity contribution in [2.24, 2.45) is 0 Å². The van der Waals surface area contributed by atoms with Crippen LogP contribution >= 0.6 is 34.5 Å². The van der Waals surface area contributed by atoms with Crippen LogP contribution in [0.5, 0.6) is 11.5 Å². The van der Waals surface area contributed by atoms with Gasteiger partial charge in [-0.15, -0.1) is 11.3 Å². The second-order valence-corrected chi connectivity index (χ2v) is 10.8. The summed E-state index contributed by atoms with van der Waals surface area (Å²) in [5, 5.41) is 15.9. The van der Waals surface area contributed by atoms with Crippen molar-refractivity contribution in [2.45, 2.75) is 36.9 Å². The Labute approximate surface area is 206 Å². The highest BCUT2D eigenvalue weighted by atomic mass is 35.5. The maximum atomic E-state index is 10.2. The summed E-state index contributed by atoms with van der Waals surface area (Å²) in [6.07, 6.45) is 4.41. The molecule has 6 nitrogen and oxygen atoms in total. The van der Waals surface area contributed by atoms with Gasteiger partial charge in [-0.05, 0) is 54.7 Å². The van der Waals surface area contributed by atoms with E-state index in [2.05, 4.69) is 22.3 Å². The molecule has 0 bridgehead atoms. The minimum atomic E-state index is -0.329. The lowest BCUT2D eigenvalue weighted by Gasteiger charge is -2.27. The summed E-state index contributed by atoms with van der Waals surface area (Å²) in [7, 11) is 0. The monoisotopic (exact) mass is 503 g/mol. The molecular formula is C24H23Cl2N3O3S. The summed E-state index contributed by atoms with van der Waals surface area (Å²) in [6.45, 7) is 1.67. The van der Waals surface area contributed by atoms with Crippen LogP contribution in [-0.4, -0.2) is 41.0 Å². The highest BCUT2D eigenvalue weighted by molar-refractivity contribution is 7.15. The number of aromatic nitrogens is 1. The Morgan fingerprint density at radius 1 is 1.15 bits per heavy atom. The molecule has 1 unspecified atom stereocenters. The minimum absolute atomic E-state index is 0.0827. The highest BCUT2D eigenvalue weighted by Crippen LogP contribution is 2.51. The fourth-order valence-electron chi connectivity index (χ4n) is 4.74. The van der Waals surface area contributed by atoms with Gasteiger partial charge in [0.15, 0.2) is 16.6 Å². The molecule has 33 heavy (non-hydrogen) atoms. The Balaban J connectivity index is 1.29. The van der Waals surface area contributed by atoms with Crippen LogP contribution < -0.4 is 14.8 Å². The predicted molar refractivity (Wildman–Crippen MR) is 130 cm³/mol. The Morgan fingerprint density at radius 3 is 2.76 bits per heavy atom. The molecule has 3 aliphatic rings. The van der Waals surface area contributed by atoms with Crippen LogP contribution in [0.15, 0.2) is 42.6 Å². The third kappa shape index (κ3) is 4.06. The average Bonchev–Trinajstić information content (AvgIpc) is 3.14. The number of hydrogen-bond acceptors (Lipinski definition) is 7. The molecule has 2 aliphatic heterocycles. The smallest absolute Gasteiger partial charge is 0.231 e. The van der Waals surface area contributed by atoms with E-state index in [1.807, 2.05) is 24.4 Å². The predicted octanol–water partition coefficient (Wildman–Crippen LogP) is 5.44. The van der Waals surface area contributed by atoms with Gasteiger partial charge in [0.1, 0.15) is 0 Å².